The third kappa shape index (κ3) is 3.31. The van der Waals surface area contributed by atoms with Gasteiger partial charge in [-0.15, -0.1) is 0 Å². The molecule has 1 heterocycles. The Morgan fingerprint density at radius 1 is 1.24 bits per heavy atom. The van der Waals surface area contributed by atoms with Crippen molar-refractivity contribution in [1.82, 2.24) is 0 Å². The summed E-state index contributed by atoms with van der Waals surface area (Å²) in [5, 5.41) is 3.19. The van der Waals surface area contributed by atoms with E-state index in [-0.39, 0.29) is 5.91 Å². The van der Waals surface area contributed by atoms with Crippen LogP contribution in [-0.2, 0) is 14.1 Å². The summed E-state index contributed by atoms with van der Waals surface area (Å²) in [4.78, 5) is 11.4. The van der Waals surface area contributed by atoms with Gasteiger partial charge in [-0.2, -0.15) is 0 Å². The van der Waals surface area contributed by atoms with Crippen LogP contribution >= 0.6 is 11.6 Å². The average Bonchev–Trinajstić information content (AvgIpc) is 2.57. The minimum absolute atomic E-state index is 0.294. The Morgan fingerprint density at radius 3 is 2.33 bits per heavy atom. The van der Waals surface area contributed by atoms with E-state index in [4.69, 9.17) is 20.9 Å². The molecule has 21 heavy (non-hydrogen) atoms. The summed E-state index contributed by atoms with van der Waals surface area (Å²) in [7, 11) is -0.520. The van der Waals surface area contributed by atoms with Crippen LogP contribution in [0.4, 0.5) is 5.69 Å². The molecule has 2 rings (SSSR count). The highest BCUT2D eigenvalue weighted by atomic mass is 35.5. The molecule has 0 aromatic heterocycles. The second-order valence-corrected chi connectivity index (χ2v) is 6.49. The molecule has 1 aliphatic heterocycles. The Labute approximate surface area is 130 Å². The van der Waals surface area contributed by atoms with Crippen molar-refractivity contribution in [3.05, 3.63) is 35.9 Å². The molecule has 0 aliphatic carbocycles. The van der Waals surface area contributed by atoms with E-state index in [1.165, 1.54) is 6.08 Å². The maximum Gasteiger partial charge on any atom is 0.494 e. The highest BCUT2D eigenvalue weighted by Gasteiger charge is 2.51. The number of carbonyl (C=O) groups is 1. The third-order valence-corrected chi connectivity index (χ3v) is 4.12. The first-order valence-electron chi connectivity index (χ1n) is 6.74. The van der Waals surface area contributed by atoms with E-state index in [2.05, 4.69) is 11.9 Å². The number of hydrogen-bond donors (Lipinski definition) is 1. The van der Waals surface area contributed by atoms with Gasteiger partial charge in [-0.3, -0.25) is 4.79 Å². The smallest absolute Gasteiger partial charge is 0.399 e. The fourth-order valence-electron chi connectivity index (χ4n) is 1.99. The van der Waals surface area contributed by atoms with E-state index < -0.39 is 18.3 Å². The standard InChI is InChI=1S/C15H19BClNO3/c1-6-13(19)18-12-8-10(7-11(17)9-12)16-20-14(2,3)15(4,5)21-16/h6-9H,1H2,2-5H3,(H,18,19). The van der Waals surface area contributed by atoms with E-state index in [1.54, 1.807) is 18.2 Å². The average molecular weight is 308 g/mol. The van der Waals surface area contributed by atoms with Crippen LogP contribution in [-0.4, -0.2) is 24.2 Å². The first-order valence-corrected chi connectivity index (χ1v) is 7.12. The van der Waals surface area contributed by atoms with Crippen molar-refractivity contribution in [3.8, 4) is 0 Å². The molecule has 1 aromatic carbocycles. The van der Waals surface area contributed by atoms with Crippen LogP contribution in [0.15, 0.2) is 30.9 Å². The van der Waals surface area contributed by atoms with Gasteiger partial charge in [-0.05, 0) is 57.4 Å². The quantitative estimate of drug-likeness (QED) is 0.690. The Balaban J connectivity index is 2.29. The number of nitrogens with one attached hydrogen (secondary N) is 1. The van der Waals surface area contributed by atoms with Crippen LogP contribution in [0.25, 0.3) is 0 Å². The van der Waals surface area contributed by atoms with Crippen molar-refractivity contribution >= 4 is 35.8 Å². The van der Waals surface area contributed by atoms with Crippen LogP contribution in [0.3, 0.4) is 0 Å². The fourth-order valence-corrected chi connectivity index (χ4v) is 2.24. The first kappa shape index (κ1) is 16.1. The van der Waals surface area contributed by atoms with Gasteiger partial charge >= 0.3 is 7.12 Å². The molecular formula is C15H19BClNO3. The van der Waals surface area contributed by atoms with Crippen LogP contribution in [0.1, 0.15) is 27.7 Å². The summed E-state index contributed by atoms with van der Waals surface area (Å²) < 4.78 is 12.0. The second kappa shape index (κ2) is 5.48. The van der Waals surface area contributed by atoms with Gasteiger partial charge in [-0.1, -0.05) is 18.2 Å². The molecule has 1 aromatic rings. The van der Waals surface area contributed by atoms with Gasteiger partial charge in [0.1, 0.15) is 0 Å². The zero-order valence-electron chi connectivity index (χ0n) is 12.7. The lowest BCUT2D eigenvalue weighted by Gasteiger charge is -2.32. The van der Waals surface area contributed by atoms with E-state index in [9.17, 15) is 4.79 Å². The molecule has 0 radical (unpaired) electrons. The van der Waals surface area contributed by atoms with Crippen molar-refractivity contribution in [2.75, 3.05) is 5.32 Å². The Kier molecular flexibility index (Phi) is 4.20. The highest BCUT2D eigenvalue weighted by Crippen LogP contribution is 2.36. The van der Waals surface area contributed by atoms with Gasteiger partial charge in [-0.25, -0.2) is 0 Å². The summed E-state index contributed by atoms with van der Waals surface area (Å²) in [6.45, 7) is 11.4. The Hall–Kier alpha value is -1.30. The van der Waals surface area contributed by atoms with Crippen LogP contribution in [0.5, 0.6) is 0 Å². The molecule has 1 amide bonds. The topological polar surface area (TPSA) is 47.6 Å². The lowest BCUT2D eigenvalue weighted by molar-refractivity contribution is -0.111. The van der Waals surface area contributed by atoms with Gasteiger partial charge < -0.3 is 14.6 Å². The number of halogens is 1. The van der Waals surface area contributed by atoms with E-state index in [0.717, 1.165) is 5.46 Å². The highest BCUT2D eigenvalue weighted by molar-refractivity contribution is 6.62. The summed E-state index contributed by atoms with van der Waals surface area (Å²) in [6, 6.07) is 5.22. The third-order valence-electron chi connectivity index (χ3n) is 3.90. The molecule has 6 heteroatoms. The molecule has 0 saturated carbocycles. The minimum atomic E-state index is -0.520. The second-order valence-electron chi connectivity index (χ2n) is 6.05. The predicted molar refractivity (Wildman–Crippen MR) is 86.0 cm³/mol. The lowest BCUT2D eigenvalue weighted by Crippen LogP contribution is -2.41. The van der Waals surface area contributed by atoms with Gasteiger partial charge in [0, 0.05) is 10.7 Å². The first-order chi connectivity index (χ1) is 9.64. The van der Waals surface area contributed by atoms with Crippen LogP contribution < -0.4 is 10.8 Å². The van der Waals surface area contributed by atoms with Crippen molar-refractivity contribution in [2.45, 2.75) is 38.9 Å². The summed E-state index contributed by atoms with van der Waals surface area (Å²) in [5.74, 6) is -0.294. The van der Waals surface area contributed by atoms with Gasteiger partial charge in [0.15, 0.2) is 0 Å². The van der Waals surface area contributed by atoms with E-state index in [1.807, 2.05) is 27.7 Å². The molecule has 1 fully saturated rings. The summed E-state index contributed by atoms with van der Waals surface area (Å²) in [6.07, 6.45) is 1.20. The zero-order valence-corrected chi connectivity index (χ0v) is 13.5. The fraction of sp³-hybridized carbons (Fsp3) is 0.400. The number of hydrogen-bond acceptors (Lipinski definition) is 3. The Bertz CT molecular complexity index is 570. The molecule has 0 bridgehead atoms. The molecule has 0 unspecified atom stereocenters. The minimum Gasteiger partial charge on any atom is -0.399 e. The Morgan fingerprint density at radius 2 is 1.81 bits per heavy atom. The zero-order chi connectivity index (χ0) is 15.8. The summed E-state index contributed by atoms with van der Waals surface area (Å²) >= 11 is 6.11. The SMILES string of the molecule is C=CC(=O)Nc1cc(Cl)cc(B2OC(C)(C)C(C)(C)O2)c1. The number of benzene rings is 1. The number of rotatable bonds is 3. The molecular weight excluding hydrogens is 288 g/mol. The van der Waals surface area contributed by atoms with Crippen LogP contribution in [0, 0.1) is 0 Å². The summed E-state index contributed by atoms with van der Waals surface area (Å²) in [5.41, 5.74) is 0.493. The molecule has 112 valence electrons. The molecule has 1 saturated heterocycles. The van der Waals surface area contributed by atoms with Gasteiger partial charge in [0.2, 0.25) is 5.91 Å². The molecule has 1 aliphatic rings. The van der Waals surface area contributed by atoms with Crippen molar-refractivity contribution < 1.29 is 14.1 Å². The van der Waals surface area contributed by atoms with E-state index in [0.29, 0.717) is 10.7 Å². The van der Waals surface area contributed by atoms with Gasteiger partial charge in [0.25, 0.3) is 0 Å². The number of anilines is 1. The lowest BCUT2D eigenvalue weighted by atomic mass is 9.79. The number of carbonyl (C=O) groups excluding carboxylic acids is 1. The molecule has 1 N–H and O–H groups in total. The largest absolute Gasteiger partial charge is 0.494 e. The predicted octanol–water partition coefficient (Wildman–Crippen LogP) is 2.76. The normalized spacial score (nSPS) is 19.4. The maximum atomic E-state index is 11.4. The van der Waals surface area contributed by atoms with Crippen molar-refractivity contribution in [3.63, 3.8) is 0 Å². The monoisotopic (exact) mass is 307 g/mol. The van der Waals surface area contributed by atoms with Gasteiger partial charge in [0.05, 0.1) is 11.2 Å². The van der Waals surface area contributed by atoms with E-state index >= 15 is 0 Å². The molecule has 0 atom stereocenters. The molecule has 4 nitrogen and oxygen atoms in total. The molecule has 0 spiro atoms. The van der Waals surface area contributed by atoms with Crippen molar-refractivity contribution in [2.24, 2.45) is 0 Å². The van der Waals surface area contributed by atoms with Crippen molar-refractivity contribution in [1.29, 1.82) is 0 Å². The maximum absolute atomic E-state index is 11.4. The number of amides is 1. The van der Waals surface area contributed by atoms with Crippen LogP contribution in [0.2, 0.25) is 5.02 Å².